The van der Waals surface area contributed by atoms with Crippen LogP contribution in [0.3, 0.4) is 0 Å². The SMILES string of the molecule is CC(C)N(CC1CC1)S(=O)(=O)c1ccc(CBr)cc1. The van der Waals surface area contributed by atoms with Crippen molar-refractivity contribution in [2.45, 2.75) is 43.0 Å². The molecule has 1 fully saturated rings. The minimum Gasteiger partial charge on any atom is -0.207 e. The molecule has 0 radical (unpaired) electrons. The number of rotatable bonds is 6. The number of nitrogens with zero attached hydrogens (tertiary/aromatic N) is 1. The van der Waals surface area contributed by atoms with Crippen molar-refractivity contribution in [1.82, 2.24) is 4.31 Å². The van der Waals surface area contributed by atoms with Crippen molar-refractivity contribution < 1.29 is 8.42 Å². The van der Waals surface area contributed by atoms with Crippen LogP contribution in [-0.4, -0.2) is 25.3 Å². The second-order valence-corrected chi connectivity index (χ2v) is 7.84. The van der Waals surface area contributed by atoms with Crippen LogP contribution in [0.25, 0.3) is 0 Å². The van der Waals surface area contributed by atoms with E-state index >= 15 is 0 Å². The maximum absolute atomic E-state index is 12.7. The summed E-state index contributed by atoms with van der Waals surface area (Å²) in [5.41, 5.74) is 1.08. The van der Waals surface area contributed by atoms with E-state index < -0.39 is 10.0 Å². The molecule has 1 aliphatic carbocycles. The molecular weight excluding hydrogens is 326 g/mol. The fourth-order valence-corrected chi connectivity index (χ4v) is 4.11. The van der Waals surface area contributed by atoms with Crippen LogP contribution in [0.5, 0.6) is 0 Å². The summed E-state index contributed by atoms with van der Waals surface area (Å²) >= 11 is 3.37. The predicted octanol–water partition coefficient (Wildman–Crippen LogP) is 3.39. The summed E-state index contributed by atoms with van der Waals surface area (Å²) < 4.78 is 26.9. The molecule has 0 aromatic heterocycles. The molecule has 3 nitrogen and oxygen atoms in total. The standard InChI is InChI=1S/C14H20BrNO2S/c1-11(2)16(10-13-3-4-13)19(17,18)14-7-5-12(9-15)6-8-14/h5-8,11,13H,3-4,9-10H2,1-2H3. The lowest BCUT2D eigenvalue weighted by molar-refractivity contribution is 0.342. The first-order valence-electron chi connectivity index (χ1n) is 6.62. The number of hydrogen-bond donors (Lipinski definition) is 0. The van der Waals surface area contributed by atoms with Gasteiger partial charge in [0.1, 0.15) is 0 Å². The third-order valence-corrected chi connectivity index (χ3v) is 6.10. The number of benzene rings is 1. The Morgan fingerprint density at radius 3 is 2.26 bits per heavy atom. The molecular formula is C14H20BrNO2S. The highest BCUT2D eigenvalue weighted by Crippen LogP contribution is 2.32. The molecule has 0 unspecified atom stereocenters. The van der Waals surface area contributed by atoms with Crippen LogP contribution < -0.4 is 0 Å². The summed E-state index contributed by atoms with van der Waals surface area (Å²) in [6.07, 6.45) is 2.31. The van der Waals surface area contributed by atoms with E-state index in [1.807, 2.05) is 26.0 Å². The van der Waals surface area contributed by atoms with Gasteiger partial charge in [0.2, 0.25) is 10.0 Å². The average Bonchev–Trinajstić information content (AvgIpc) is 3.19. The van der Waals surface area contributed by atoms with Gasteiger partial charge >= 0.3 is 0 Å². The molecule has 0 atom stereocenters. The van der Waals surface area contributed by atoms with Crippen LogP contribution in [0.1, 0.15) is 32.3 Å². The molecule has 1 aromatic carbocycles. The van der Waals surface area contributed by atoms with Gasteiger partial charge in [-0.25, -0.2) is 8.42 Å². The van der Waals surface area contributed by atoms with E-state index in [0.29, 0.717) is 17.4 Å². The molecule has 106 valence electrons. The molecule has 2 rings (SSSR count). The fourth-order valence-electron chi connectivity index (χ4n) is 2.03. The summed E-state index contributed by atoms with van der Waals surface area (Å²) in [5.74, 6) is 0.555. The minimum atomic E-state index is -3.36. The Balaban J connectivity index is 2.26. The lowest BCUT2D eigenvalue weighted by Gasteiger charge is -2.26. The van der Waals surface area contributed by atoms with Crippen LogP contribution in [0.2, 0.25) is 0 Å². The van der Waals surface area contributed by atoms with Crippen molar-refractivity contribution in [2.75, 3.05) is 6.54 Å². The first kappa shape index (κ1) is 15.0. The number of alkyl halides is 1. The Labute approximate surface area is 124 Å². The van der Waals surface area contributed by atoms with Crippen molar-refractivity contribution in [3.63, 3.8) is 0 Å². The van der Waals surface area contributed by atoms with E-state index in [4.69, 9.17) is 0 Å². The van der Waals surface area contributed by atoms with Crippen molar-refractivity contribution in [1.29, 1.82) is 0 Å². The second-order valence-electron chi connectivity index (χ2n) is 5.39. The Kier molecular flexibility index (Phi) is 4.69. The Hall–Kier alpha value is -0.390. The van der Waals surface area contributed by atoms with Crippen molar-refractivity contribution >= 4 is 26.0 Å². The molecule has 0 bridgehead atoms. The molecule has 1 aliphatic rings. The molecule has 0 heterocycles. The van der Waals surface area contributed by atoms with Gasteiger partial charge in [0.15, 0.2) is 0 Å². The quantitative estimate of drug-likeness (QED) is 0.741. The van der Waals surface area contributed by atoms with Gasteiger partial charge in [0.25, 0.3) is 0 Å². The fraction of sp³-hybridized carbons (Fsp3) is 0.571. The van der Waals surface area contributed by atoms with E-state index in [1.54, 1.807) is 16.4 Å². The van der Waals surface area contributed by atoms with Gasteiger partial charge in [-0.1, -0.05) is 28.1 Å². The highest BCUT2D eigenvalue weighted by atomic mass is 79.9. The molecule has 19 heavy (non-hydrogen) atoms. The number of halogens is 1. The summed E-state index contributed by atoms with van der Waals surface area (Å²) in [7, 11) is -3.36. The molecule has 5 heteroatoms. The van der Waals surface area contributed by atoms with Gasteiger partial charge < -0.3 is 0 Å². The van der Waals surface area contributed by atoms with Gasteiger partial charge in [-0.3, -0.25) is 0 Å². The minimum absolute atomic E-state index is 0.00134. The Morgan fingerprint density at radius 1 is 1.26 bits per heavy atom. The Bertz CT molecular complexity index is 521. The molecule has 0 amide bonds. The molecule has 1 aromatic rings. The zero-order chi connectivity index (χ0) is 14.0. The first-order chi connectivity index (χ1) is 8.95. The normalized spacial score (nSPS) is 16.3. The molecule has 0 N–H and O–H groups in total. The van der Waals surface area contributed by atoms with Crippen LogP contribution in [0.4, 0.5) is 0 Å². The summed E-state index contributed by atoms with van der Waals surface area (Å²) in [6.45, 7) is 4.53. The molecule has 1 saturated carbocycles. The third-order valence-electron chi connectivity index (χ3n) is 3.40. The van der Waals surface area contributed by atoms with Gasteiger partial charge in [0, 0.05) is 17.9 Å². The van der Waals surface area contributed by atoms with E-state index in [9.17, 15) is 8.42 Å². The van der Waals surface area contributed by atoms with E-state index in [-0.39, 0.29) is 6.04 Å². The van der Waals surface area contributed by atoms with Crippen molar-refractivity contribution in [2.24, 2.45) is 5.92 Å². The van der Waals surface area contributed by atoms with E-state index in [2.05, 4.69) is 15.9 Å². The number of sulfonamides is 1. The second kappa shape index (κ2) is 5.94. The summed E-state index contributed by atoms with van der Waals surface area (Å²) in [4.78, 5) is 0.395. The zero-order valence-corrected chi connectivity index (χ0v) is 13.7. The highest BCUT2D eigenvalue weighted by molar-refractivity contribution is 9.08. The first-order valence-corrected chi connectivity index (χ1v) is 9.18. The van der Waals surface area contributed by atoms with Gasteiger partial charge in [0.05, 0.1) is 4.90 Å². The van der Waals surface area contributed by atoms with Crippen molar-refractivity contribution in [3.8, 4) is 0 Å². The largest absolute Gasteiger partial charge is 0.243 e. The highest BCUT2D eigenvalue weighted by Gasteiger charge is 2.33. The maximum atomic E-state index is 12.7. The van der Waals surface area contributed by atoms with Crippen LogP contribution in [-0.2, 0) is 15.4 Å². The average molecular weight is 346 g/mol. The van der Waals surface area contributed by atoms with Crippen molar-refractivity contribution in [3.05, 3.63) is 29.8 Å². The smallest absolute Gasteiger partial charge is 0.207 e. The Morgan fingerprint density at radius 2 is 1.84 bits per heavy atom. The predicted molar refractivity (Wildman–Crippen MR) is 80.8 cm³/mol. The van der Waals surface area contributed by atoms with Crippen LogP contribution >= 0.6 is 15.9 Å². The van der Waals surface area contributed by atoms with E-state index in [1.165, 1.54) is 0 Å². The lowest BCUT2D eigenvalue weighted by Crippen LogP contribution is -2.38. The molecule has 0 aliphatic heterocycles. The third kappa shape index (κ3) is 3.58. The number of hydrogen-bond acceptors (Lipinski definition) is 2. The van der Waals surface area contributed by atoms with Gasteiger partial charge in [-0.2, -0.15) is 4.31 Å². The topological polar surface area (TPSA) is 37.4 Å². The van der Waals surface area contributed by atoms with E-state index in [0.717, 1.165) is 23.7 Å². The van der Waals surface area contributed by atoms with Gasteiger partial charge in [-0.15, -0.1) is 0 Å². The van der Waals surface area contributed by atoms with Crippen LogP contribution in [0.15, 0.2) is 29.2 Å². The zero-order valence-electron chi connectivity index (χ0n) is 11.3. The maximum Gasteiger partial charge on any atom is 0.243 e. The molecule has 0 spiro atoms. The summed E-state index contributed by atoms with van der Waals surface area (Å²) in [5, 5.41) is 0.739. The van der Waals surface area contributed by atoms with Crippen LogP contribution in [0, 0.1) is 5.92 Å². The lowest BCUT2D eigenvalue weighted by atomic mass is 10.2. The molecule has 0 saturated heterocycles. The summed E-state index contributed by atoms with van der Waals surface area (Å²) in [6, 6.07) is 7.12. The monoisotopic (exact) mass is 345 g/mol. The van der Waals surface area contributed by atoms with Gasteiger partial charge in [-0.05, 0) is 50.3 Å².